The fourth-order valence-electron chi connectivity index (χ4n) is 2.01. The van der Waals surface area contributed by atoms with Gasteiger partial charge < -0.3 is 5.32 Å². The fraction of sp³-hybridized carbons (Fsp3) is 0.118. The Bertz CT molecular complexity index is 875. The Kier molecular flexibility index (Phi) is 5.93. The number of anilines is 1. The molecular formula is C17H17BrN2O3S. The standard InChI is InChI=1S/C17H17BrN2O3S/c1-12-3-9-15(11-16(12)24(22,23)19-2)20-17(21)10-6-13-4-7-14(18)8-5-13/h3-11,19H,1-2H3,(H,20,21)/b10-6+. The van der Waals surface area contributed by atoms with Crippen molar-refractivity contribution in [2.45, 2.75) is 11.8 Å². The van der Waals surface area contributed by atoms with Crippen molar-refractivity contribution in [3.05, 3.63) is 64.1 Å². The maximum absolute atomic E-state index is 12.0. The number of carbonyl (C=O) groups excluding carboxylic acids is 1. The molecule has 1 amide bonds. The van der Waals surface area contributed by atoms with Gasteiger partial charge in [-0.05, 0) is 55.4 Å². The van der Waals surface area contributed by atoms with E-state index in [2.05, 4.69) is 26.0 Å². The molecule has 24 heavy (non-hydrogen) atoms. The van der Waals surface area contributed by atoms with Crippen LogP contribution in [0.3, 0.4) is 0 Å². The normalized spacial score (nSPS) is 11.6. The number of hydrogen-bond acceptors (Lipinski definition) is 3. The van der Waals surface area contributed by atoms with Crippen molar-refractivity contribution < 1.29 is 13.2 Å². The van der Waals surface area contributed by atoms with E-state index in [1.165, 1.54) is 19.2 Å². The highest BCUT2D eigenvalue weighted by Crippen LogP contribution is 2.20. The van der Waals surface area contributed by atoms with E-state index in [9.17, 15) is 13.2 Å². The number of halogens is 1. The quantitative estimate of drug-likeness (QED) is 0.744. The lowest BCUT2D eigenvalue weighted by Gasteiger charge is -2.09. The minimum absolute atomic E-state index is 0.139. The SMILES string of the molecule is CNS(=O)(=O)c1cc(NC(=O)/C=C/c2ccc(Br)cc2)ccc1C. The molecule has 2 aromatic rings. The van der Waals surface area contributed by atoms with Gasteiger partial charge in [0.2, 0.25) is 15.9 Å². The molecule has 2 N–H and O–H groups in total. The van der Waals surface area contributed by atoms with E-state index in [1.807, 2.05) is 24.3 Å². The van der Waals surface area contributed by atoms with E-state index < -0.39 is 10.0 Å². The molecule has 0 aliphatic rings. The lowest BCUT2D eigenvalue weighted by atomic mass is 10.2. The number of rotatable bonds is 5. The molecule has 126 valence electrons. The highest BCUT2D eigenvalue weighted by atomic mass is 79.9. The average Bonchev–Trinajstić information content (AvgIpc) is 2.56. The van der Waals surface area contributed by atoms with Crippen LogP contribution in [-0.4, -0.2) is 21.4 Å². The van der Waals surface area contributed by atoms with Gasteiger partial charge in [-0.15, -0.1) is 0 Å². The van der Waals surface area contributed by atoms with Gasteiger partial charge in [0.15, 0.2) is 0 Å². The summed E-state index contributed by atoms with van der Waals surface area (Å²) >= 11 is 3.35. The molecule has 0 spiro atoms. The molecular weight excluding hydrogens is 392 g/mol. The van der Waals surface area contributed by atoms with Crippen molar-refractivity contribution in [3.63, 3.8) is 0 Å². The molecule has 5 nitrogen and oxygen atoms in total. The van der Waals surface area contributed by atoms with E-state index in [0.29, 0.717) is 11.3 Å². The Morgan fingerprint density at radius 3 is 2.42 bits per heavy atom. The average molecular weight is 409 g/mol. The van der Waals surface area contributed by atoms with Crippen LogP contribution in [0, 0.1) is 6.92 Å². The Balaban J connectivity index is 2.14. The van der Waals surface area contributed by atoms with Gasteiger partial charge >= 0.3 is 0 Å². The van der Waals surface area contributed by atoms with Gasteiger partial charge in [0.05, 0.1) is 4.90 Å². The van der Waals surface area contributed by atoms with Gasteiger partial charge in [-0.3, -0.25) is 4.79 Å². The number of benzene rings is 2. The van der Waals surface area contributed by atoms with Crippen LogP contribution in [0.25, 0.3) is 6.08 Å². The highest BCUT2D eigenvalue weighted by molar-refractivity contribution is 9.10. The number of amides is 1. The van der Waals surface area contributed by atoms with Crippen LogP contribution in [0.2, 0.25) is 0 Å². The van der Waals surface area contributed by atoms with E-state index in [4.69, 9.17) is 0 Å². The summed E-state index contributed by atoms with van der Waals surface area (Å²) in [6.07, 6.45) is 3.08. The summed E-state index contributed by atoms with van der Waals surface area (Å²) in [5.41, 5.74) is 1.91. The molecule has 0 fully saturated rings. The minimum Gasteiger partial charge on any atom is -0.322 e. The third kappa shape index (κ3) is 4.77. The largest absolute Gasteiger partial charge is 0.322 e. The summed E-state index contributed by atoms with van der Waals surface area (Å²) in [5.74, 6) is -0.338. The third-order valence-electron chi connectivity index (χ3n) is 3.31. The zero-order valence-electron chi connectivity index (χ0n) is 13.2. The smallest absolute Gasteiger partial charge is 0.248 e. The monoisotopic (exact) mass is 408 g/mol. The van der Waals surface area contributed by atoms with Crippen molar-refractivity contribution in [3.8, 4) is 0 Å². The first-order chi connectivity index (χ1) is 11.3. The molecule has 0 saturated heterocycles. The number of carbonyl (C=O) groups is 1. The molecule has 0 bridgehead atoms. The second-order valence-electron chi connectivity index (χ2n) is 5.06. The summed E-state index contributed by atoms with van der Waals surface area (Å²) in [7, 11) is -2.22. The van der Waals surface area contributed by atoms with Crippen LogP contribution >= 0.6 is 15.9 Å². The van der Waals surface area contributed by atoms with Crippen LogP contribution in [0.4, 0.5) is 5.69 Å². The number of sulfonamides is 1. The summed E-state index contributed by atoms with van der Waals surface area (Å²) in [6.45, 7) is 1.70. The molecule has 0 aliphatic heterocycles. The second kappa shape index (κ2) is 7.74. The lowest BCUT2D eigenvalue weighted by Crippen LogP contribution is -2.20. The Labute approximate surface area is 150 Å². The van der Waals surface area contributed by atoms with E-state index >= 15 is 0 Å². The van der Waals surface area contributed by atoms with Crippen molar-refractivity contribution in [1.29, 1.82) is 0 Å². The van der Waals surface area contributed by atoms with Crippen molar-refractivity contribution in [2.75, 3.05) is 12.4 Å². The van der Waals surface area contributed by atoms with Crippen LogP contribution in [0.15, 0.2) is 57.9 Å². The number of nitrogens with one attached hydrogen (secondary N) is 2. The Morgan fingerprint density at radius 2 is 1.79 bits per heavy atom. The first kappa shape index (κ1) is 18.4. The molecule has 0 unspecified atom stereocenters. The Morgan fingerprint density at radius 1 is 1.12 bits per heavy atom. The zero-order valence-corrected chi connectivity index (χ0v) is 15.6. The summed E-state index contributed by atoms with van der Waals surface area (Å²) in [5, 5.41) is 2.66. The predicted octanol–water partition coefficient (Wildman–Crippen LogP) is 3.32. The van der Waals surface area contributed by atoms with Gasteiger partial charge in [0.1, 0.15) is 0 Å². The molecule has 0 aliphatic carbocycles. The summed E-state index contributed by atoms with van der Waals surface area (Å²) < 4.78 is 27.1. The minimum atomic E-state index is -3.57. The van der Waals surface area contributed by atoms with Crippen LogP contribution < -0.4 is 10.0 Å². The summed E-state index contributed by atoms with van der Waals surface area (Å²) in [6, 6.07) is 12.3. The van der Waals surface area contributed by atoms with Gasteiger partial charge in [-0.2, -0.15) is 0 Å². The Hall–Kier alpha value is -1.96. The van der Waals surface area contributed by atoms with Crippen molar-refractivity contribution in [2.24, 2.45) is 0 Å². The van der Waals surface area contributed by atoms with Gasteiger partial charge in [-0.1, -0.05) is 34.1 Å². The first-order valence-corrected chi connectivity index (χ1v) is 9.38. The second-order valence-corrected chi connectivity index (χ2v) is 7.83. The van der Waals surface area contributed by atoms with E-state index in [-0.39, 0.29) is 10.8 Å². The zero-order chi connectivity index (χ0) is 17.7. The highest BCUT2D eigenvalue weighted by Gasteiger charge is 2.15. The summed E-state index contributed by atoms with van der Waals surface area (Å²) in [4.78, 5) is 12.1. The predicted molar refractivity (Wildman–Crippen MR) is 99.2 cm³/mol. The molecule has 0 heterocycles. The van der Waals surface area contributed by atoms with Crippen LogP contribution in [-0.2, 0) is 14.8 Å². The number of hydrogen-bond donors (Lipinski definition) is 2. The fourth-order valence-corrected chi connectivity index (χ4v) is 3.27. The van der Waals surface area contributed by atoms with Crippen LogP contribution in [0.5, 0.6) is 0 Å². The maximum atomic E-state index is 12.0. The molecule has 0 aromatic heterocycles. The van der Waals surface area contributed by atoms with Gasteiger partial charge in [-0.25, -0.2) is 13.1 Å². The lowest BCUT2D eigenvalue weighted by molar-refractivity contribution is -0.111. The van der Waals surface area contributed by atoms with E-state index in [0.717, 1.165) is 10.0 Å². The molecule has 2 rings (SSSR count). The van der Waals surface area contributed by atoms with E-state index in [1.54, 1.807) is 25.1 Å². The van der Waals surface area contributed by atoms with Gasteiger partial charge in [0.25, 0.3) is 0 Å². The number of aryl methyl sites for hydroxylation is 1. The molecule has 7 heteroatoms. The first-order valence-electron chi connectivity index (χ1n) is 7.10. The third-order valence-corrected chi connectivity index (χ3v) is 5.40. The topological polar surface area (TPSA) is 75.3 Å². The molecule has 0 radical (unpaired) electrons. The maximum Gasteiger partial charge on any atom is 0.248 e. The molecule has 2 aromatic carbocycles. The van der Waals surface area contributed by atoms with Gasteiger partial charge in [0, 0.05) is 16.2 Å². The van der Waals surface area contributed by atoms with Crippen LogP contribution in [0.1, 0.15) is 11.1 Å². The van der Waals surface area contributed by atoms with Crippen molar-refractivity contribution >= 4 is 43.6 Å². The molecule has 0 saturated carbocycles. The van der Waals surface area contributed by atoms with Crippen molar-refractivity contribution in [1.82, 2.24) is 4.72 Å². The molecule has 0 atom stereocenters.